The summed E-state index contributed by atoms with van der Waals surface area (Å²) in [5.41, 5.74) is 2.71. The fraction of sp³-hybridized carbons (Fsp3) is 0.929. The first-order valence-electron chi connectivity index (χ1n) is 7.70. The minimum Gasteiger partial charge on any atom is -0.353 e. The standard InChI is InChI=1S/C14H29N5/c1-11(19(2)13-8-9-13)10-16-14(18-15)17-12-6-4-3-5-7-12/h11-13H,3-10,15H2,1-2H3,(H2,16,17,18). The summed E-state index contributed by atoms with van der Waals surface area (Å²) in [5, 5.41) is 3.44. The van der Waals surface area contributed by atoms with E-state index < -0.39 is 0 Å². The van der Waals surface area contributed by atoms with Crippen LogP contribution in [-0.2, 0) is 0 Å². The van der Waals surface area contributed by atoms with Gasteiger partial charge in [-0.3, -0.25) is 15.3 Å². The van der Waals surface area contributed by atoms with Gasteiger partial charge in [-0.2, -0.15) is 0 Å². The van der Waals surface area contributed by atoms with Crippen molar-refractivity contribution < 1.29 is 0 Å². The highest BCUT2D eigenvalue weighted by Crippen LogP contribution is 2.26. The summed E-state index contributed by atoms with van der Waals surface area (Å²) in [6, 6.07) is 1.80. The van der Waals surface area contributed by atoms with Crippen LogP contribution >= 0.6 is 0 Å². The Balaban J connectivity index is 1.76. The van der Waals surface area contributed by atoms with Gasteiger partial charge in [0.1, 0.15) is 0 Å². The average Bonchev–Trinajstić information content (AvgIpc) is 3.27. The van der Waals surface area contributed by atoms with Crippen LogP contribution in [0.3, 0.4) is 0 Å². The molecular weight excluding hydrogens is 238 g/mol. The fourth-order valence-corrected chi connectivity index (χ4v) is 2.77. The summed E-state index contributed by atoms with van der Waals surface area (Å²) in [6.07, 6.45) is 9.15. The van der Waals surface area contributed by atoms with E-state index in [-0.39, 0.29) is 0 Å². The number of hydrogen-bond acceptors (Lipinski definition) is 3. The van der Waals surface area contributed by atoms with E-state index in [2.05, 4.69) is 34.6 Å². The molecule has 0 aromatic carbocycles. The van der Waals surface area contributed by atoms with Crippen molar-refractivity contribution in [3.63, 3.8) is 0 Å². The lowest BCUT2D eigenvalue weighted by atomic mass is 9.96. The lowest BCUT2D eigenvalue weighted by Crippen LogP contribution is -2.47. The quantitative estimate of drug-likeness (QED) is 0.303. The van der Waals surface area contributed by atoms with Gasteiger partial charge in [-0.15, -0.1) is 0 Å². The lowest BCUT2D eigenvalue weighted by molar-refractivity contribution is 0.253. The summed E-state index contributed by atoms with van der Waals surface area (Å²) in [7, 11) is 2.20. The summed E-state index contributed by atoms with van der Waals surface area (Å²) in [4.78, 5) is 7.02. The normalized spacial score (nSPS) is 23.5. The fourth-order valence-electron chi connectivity index (χ4n) is 2.77. The zero-order valence-corrected chi connectivity index (χ0v) is 12.4. The molecule has 2 aliphatic rings. The number of nitrogens with one attached hydrogen (secondary N) is 2. The maximum absolute atomic E-state index is 5.57. The second-order valence-electron chi connectivity index (χ2n) is 6.06. The van der Waals surface area contributed by atoms with Crippen LogP contribution in [0.25, 0.3) is 0 Å². The van der Waals surface area contributed by atoms with Crippen molar-refractivity contribution in [3.05, 3.63) is 0 Å². The van der Waals surface area contributed by atoms with Crippen molar-refractivity contribution in [1.29, 1.82) is 0 Å². The smallest absolute Gasteiger partial charge is 0.206 e. The number of guanidine groups is 1. The number of aliphatic imine (C=N–C) groups is 1. The van der Waals surface area contributed by atoms with Gasteiger partial charge in [0.2, 0.25) is 5.96 Å². The van der Waals surface area contributed by atoms with Gasteiger partial charge in [-0.1, -0.05) is 19.3 Å². The van der Waals surface area contributed by atoms with Crippen LogP contribution in [-0.4, -0.2) is 42.6 Å². The Bertz CT molecular complexity index is 294. The molecule has 0 aromatic rings. The molecule has 110 valence electrons. The number of likely N-dealkylation sites (N-methyl/N-ethyl adjacent to an activating group) is 1. The van der Waals surface area contributed by atoms with E-state index in [1.54, 1.807) is 0 Å². The van der Waals surface area contributed by atoms with E-state index in [9.17, 15) is 0 Å². The predicted octanol–water partition coefficient (Wildman–Crippen LogP) is 1.21. The second kappa shape index (κ2) is 7.10. The molecule has 0 heterocycles. The molecule has 0 radical (unpaired) electrons. The molecule has 4 N–H and O–H groups in total. The third kappa shape index (κ3) is 4.66. The van der Waals surface area contributed by atoms with Crippen LogP contribution in [0.4, 0.5) is 0 Å². The van der Waals surface area contributed by atoms with Crippen LogP contribution in [0, 0.1) is 0 Å². The largest absolute Gasteiger partial charge is 0.353 e. The highest BCUT2D eigenvalue weighted by Gasteiger charge is 2.28. The molecule has 2 saturated carbocycles. The Morgan fingerprint density at radius 1 is 1.26 bits per heavy atom. The van der Waals surface area contributed by atoms with E-state index in [4.69, 9.17) is 5.84 Å². The Labute approximate surface area is 117 Å². The highest BCUT2D eigenvalue weighted by atomic mass is 15.3. The van der Waals surface area contributed by atoms with Crippen LogP contribution in [0.5, 0.6) is 0 Å². The van der Waals surface area contributed by atoms with Gasteiger partial charge in [0, 0.05) is 18.1 Å². The van der Waals surface area contributed by atoms with Gasteiger partial charge in [0.25, 0.3) is 0 Å². The van der Waals surface area contributed by atoms with Crippen molar-refractivity contribution >= 4 is 5.96 Å². The molecule has 0 aromatic heterocycles. The molecule has 0 spiro atoms. The number of hydrogen-bond donors (Lipinski definition) is 3. The van der Waals surface area contributed by atoms with Gasteiger partial charge in [-0.25, -0.2) is 5.84 Å². The van der Waals surface area contributed by atoms with Crippen LogP contribution in [0.15, 0.2) is 4.99 Å². The van der Waals surface area contributed by atoms with Crippen molar-refractivity contribution in [3.8, 4) is 0 Å². The van der Waals surface area contributed by atoms with E-state index in [0.717, 1.165) is 18.5 Å². The SMILES string of the molecule is CC(CN=C(NN)NC1CCCCC1)N(C)C1CC1. The maximum atomic E-state index is 5.57. The van der Waals surface area contributed by atoms with Crippen LogP contribution in [0.2, 0.25) is 0 Å². The summed E-state index contributed by atoms with van der Waals surface area (Å²) < 4.78 is 0. The molecule has 19 heavy (non-hydrogen) atoms. The zero-order valence-electron chi connectivity index (χ0n) is 12.4. The van der Waals surface area contributed by atoms with Crippen molar-refractivity contribution in [2.75, 3.05) is 13.6 Å². The van der Waals surface area contributed by atoms with E-state index in [0.29, 0.717) is 12.1 Å². The topological polar surface area (TPSA) is 65.7 Å². The minimum absolute atomic E-state index is 0.476. The van der Waals surface area contributed by atoms with Crippen molar-refractivity contribution in [2.24, 2.45) is 10.8 Å². The number of rotatable bonds is 5. The van der Waals surface area contributed by atoms with Crippen LogP contribution in [0.1, 0.15) is 51.9 Å². The van der Waals surface area contributed by atoms with E-state index in [1.807, 2.05) is 0 Å². The molecule has 1 atom stereocenters. The molecule has 0 amide bonds. The molecule has 0 bridgehead atoms. The highest BCUT2D eigenvalue weighted by molar-refractivity contribution is 5.79. The first-order chi connectivity index (χ1) is 9.20. The minimum atomic E-state index is 0.476. The summed E-state index contributed by atoms with van der Waals surface area (Å²) in [6.45, 7) is 3.03. The van der Waals surface area contributed by atoms with Crippen molar-refractivity contribution in [1.82, 2.24) is 15.6 Å². The van der Waals surface area contributed by atoms with E-state index in [1.165, 1.54) is 44.9 Å². The third-order valence-corrected chi connectivity index (χ3v) is 4.41. The maximum Gasteiger partial charge on any atom is 0.206 e. The molecule has 0 saturated heterocycles. The van der Waals surface area contributed by atoms with Crippen molar-refractivity contribution in [2.45, 2.75) is 70.0 Å². The first-order valence-corrected chi connectivity index (χ1v) is 7.70. The first kappa shape index (κ1) is 14.6. The van der Waals surface area contributed by atoms with Gasteiger partial charge < -0.3 is 5.32 Å². The molecule has 5 heteroatoms. The molecule has 2 fully saturated rings. The third-order valence-electron chi connectivity index (χ3n) is 4.41. The molecule has 2 rings (SSSR count). The van der Waals surface area contributed by atoms with Gasteiger partial charge in [0.05, 0.1) is 6.54 Å². The van der Waals surface area contributed by atoms with Gasteiger partial charge >= 0.3 is 0 Å². The number of nitrogens with zero attached hydrogens (tertiary/aromatic N) is 2. The lowest BCUT2D eigenvalue weighted by Gasteiger charge is -2.26. The number of nitrogens with two attached hydrogens (primary N) is 1. The Hall–Kier alpha value is -0.810. The predicted molar refractivity (Wildman–Crippen MR) is 79.9 cm³/mol. The monoisotopic (exact) mass is 267 g/mol. The Morgan fingerprint density at radius 3 is 2.53 bits per heavy atom. The Morgan fingerprint density at radius 2 is 1.95 bits per heavy atom. The molecular formula is C14H29N5. The second-order valence-corrected chi connectivity index (χ2v) is 6.06. The summed E-state index contributed by atoms with van der Waals surface area (Å²) in [5.74, 6) is 6.32. The van der Waals surface area contributed by atoms with Crippen LogP contribution < -0.4 is 16.6 Å². The molecule has 0 aliphatic heterocycles. The van der Waals surface area contributed by atoms with E-state index >= 15 is 0 Å². The molecule has 5 nitrogen and oxygen atoms in total. The average molecular weight is 267 g/mol. The number of hydrazine groups is 1. The van der Waals surface area contributed by atoms with Gasteiger partial charge in [-0.05, 0) is 39.7 Å². The van der Waals surface area contributed by atoms with Gasteiger partial charge in [0.15, 0.2) is 0 Å². The molecule has 2 aliphatic carbocycles. The summed E-state index contributed by atoms with van der Waals surface area (Å²) >= 11 is 0. The zero-order chi connectivity index (χ0) is 13.7. The molecule has 1 unspecified atom stereocenters. The Kier molecular flexibility index (Phi) is 5.45.